The maximum atomic E-state index is 12.3. The second kappa shape index (κ2) is 8.77. The van der Waals surface area contributed by atoms with Gasteiger partial charge in [-0.05, 0) is 42.6 Å². The number of aromatic nitrogens is 1. The lowest BCUT2D eigenvalue weighted by atomic mass is 10.0. The van der Waals surface area contributed by atoms with E-state index in [0.717, 1.165) is 39.0 Å². The van der Waals surface area contributed by atoms with E-state index >= 15 is 0 Å². The van der Waals surface area contributed by atoms with Crippen molar-refractivity contribution in [3.8, 4) is 0 Å². The number of benzene rings is 1. The molecule has 0 atom stereocenters. The molecule has 0 unspecified atom stereocenters. The van der Waals surface area contributed by atoms with Crippen LogP contribution in [0.25, 0.3) is 0 Å². The van der Waals surface area contributed by atoms with E-state index < -0.39 is 0 Å². The summed E-state index contributed by atoms with van der Waals surface area (Å²) in [5.41, 5.74) is 2.59. The van der Waals surface area contributed by atoms with Crippen molar-refractivity contribution in [1.82, 2.24) is 14.8 Å². The molecule has 2 aromatic rings. The number of rotatable bonds is 8. The van der Waals surface area contributed by atoms with E-state index in [1.54, 1.807) is 0 Å². The molecule has 0 N–H and O–H groups in total. The first-order valence-electron chi connectivity index (χ1n) is 9.21. The number of nitrogens with zero attached hydrogens (tertiary/aromatic N) is 3. The van der Waals surface area contributed by atoms with Crippen LogP contribution in [-0.2, 0) is 17.8 Å². The van der Waals surface area contributed by atoms with Gasteiger partial charge in [0.1, 0.15) is 0 Å². The van der Waals surface area contributed by atoms with Gasteiger partial charge in [0.25, 0.3) is 0 Å². The quantitative estimate of drug-likeness (QED) is 0.742. The third-order valence-corrected chi connectivity index (χ3v) is 4.97. The first-order valence-corrected chi connectivity index (χ1v) is 9.21. The van der Waals surface area contributed by atoms with Crippen molar-refractivity contribution in [1.29, 1.82) is 0 Å². The molecule has 4 nitrogen and oxygen atoms in total. The van der Waals surface area contributed by atoms with Gasteiger partial charge in [0.05, 0.1) is 0 Å². The summed E-state index contributed by atoms with van der Waals surface area (Å²) in [7, 11) is 0. The van der Waals surface area contributed by atoms with E-state index in [1.165, 1.54) is 11.1 Å². The summed E-state index contributed by atoms with van der Waals surface area (Å²) in [4.78, 5) is 20.9. The van der Waals surface area contributed by atoms with Crippen LogP contribution in [0.5, 0.6) is 0 Å². The van der Waals surface area contributed by atoms with Gasteiger partial charge >= 0.3 is 0 Å². The van der Waals surface area contributed by atoms with Crippen molar-refractivity contribution < 1.29 is 4.79 Å². The Hall–Kier alpha value is -2.20. The Balaban J connectivity index is 1.39. The molecular formula is C21H27N3O. The van der Waals surface area contributed by atoms with Crippen LogP contribution in [0.1, 0.15) is 30.9 Å². The average Bonchev–Trinajstić information content (AvgIpc) is 2.61. The van der Waals surface area contributed by atoms with Crippen LogP contribution in [0.15, 0.2) is 54.9 Å². The van der Waals surface area contributed by atoms with Crippen molar-refractivity contribution in [2.75, 3.05) is 19.6 Å². The molecule has 1 aromatic heterocycles. The number of carbonyl (C=O) groups excluding carboxylic acids is 1. The number of hydrogen-bond donors (Lipinski definition) is 0. The molecule has 4 heteroatoms. The number of likely N-dealkylation sites (N-methyl/N-ethyl adjacent to an activating group) is 1. The fraction of sp³-hybridized carbons (Fsp3) is 0.429. The summed E-state index contributed by atoms with van der Waals surface area (Å²) < 4.78 is 0. The Labute approximate surface area is 150 Å². The molecule has 0 bridgehead atoms. The molecule has 0 radical (unpaired) electrons. The molecule has 0 saturated carbocycles. The smallest absolute Gasteiger partial charge is 0.222 e. The molecule has 132 valence electrons. The van der Waals surface area contributed by atoms with Crippen LogP contribution < -0.4 is 0 Å². The topological polar surface area (TPSA) is 36.4 Å². The van der Waals surface area contributed by atoms with Crippen LogP contribution in [0.3, 0.4) is 0 Å². The highest BCUT2D eigenvalue weighted by Gasteiger charge is 2.33. The fourth-order valence-corrected chi connectivity index (χ4v) is 3.36. The highest BCUT2D eigenvalue weighted by molar-refractivity contribution is 5.77. The Morgan fingerprint density at radius 2 is 1.84 bits per heavy atom. The standard InChI is InChI=1S/C21H27N3O/c1-2-23(15-19-11-13-22-14-12-19)20-16-24(17-20)21(25)10-6-9-18-7-4-3-5-8-18/h3-5,7-8,11-14,20H,2,6,9-10,15-17H2,1H3. The van der Waals surface area contributed by atoms with Gasteiger partial charge in [0.2, 0.25) is 5.91 Å². The summed E-state index contributed by atoms with van der Waals surface area (Å²) in [6.07, 6.45) is 6.24. The minimum absolute atomic E-state index is 0.298. The summed E-state index contributed by atoms with van der Waals surface area (Å²) >= 11 is 0. The number of likely N-dealkylation sites (tertiary alicyclic amines) is 1. The number of aryl methyl sites for hydroxylation is 1. The molecule has 0 aliphatic carbocycles. The molecular weight excluding hydrogens is 310 g/mol. The predicted octanol–water partition coefficient (Wildman–Crippen LogP) is 3.14. The first kappa shape index (κ1) is 17.6. The van der Waals surface area contributed by atoms with Crippen molar-refractivity contribution in [3.63, 3.8) is 0 Å². The van der Waals surface area contributed by atoms with Gasteiger partial charge in [-0.2, -0.15) is 0 Å². The van der Waals surface area contributed by atoms with Gasteiger partial charge in [0.15, 0.2) is 0 Å². The maximum absolute atomic E-state index is 12.3. The number of carbonyl (C=O) groups is 1. The third kappa shape index (κ3) is 4.89. The van der Waals surface area contributed by atoms with Crippen LogP contribution in [0.4, 0.5) is 0 Å². The number of pyridine rings is 1. The van der Waals surface area contributed by atoms with Crippen LogP contribution in [0.2, 0.25) is 0 Å². The molecule has 1 aliphatic heterocycles. The average molecular weight is 337 g/mol. The van der Waals surface area contributed by atoms with Crippen molar-refractivity contribution >= 4 is 5.91 Å². The van der Waals surface area contributed by atoms with Crippen LogP contribution >= 0.6 is 0 Å². The van der Waals surface area contributed by atoms with Gasteiger partial charge in [0, 0.05) is 44.5 Å². The van der Waals surface area contributed by atoms with Crippen LogP contribution in [0, 0.1) is 0 Å². The summed E-state index contributed by atoms with van der Waals surface area (Å²) in [5, 5.41) is 0. The molecule has 25 heavy (non-hydrogen) atoms. The lowest BCUT2D eigenvalue weighted by molar-refractivity contribution is -0.138. The number of hydrogen-bond acceptors (Lipinski definition) is 3. The van der Waals surface area contributed by atoms with Gasteiger partial charge in [-0.3, -0.25) is 14.7 Å². The van der Waals surface area contributed by atoms with Crippen molar-refractivity contribution in [2.45, 2.75) is 38.8 Å². The molecule has 3 rings (SSSR count). The Kier molecular flexibility index (Phi) is 6.18. The zero-order valence-electron chi connectivity index (χ0n) is 15.0. The van der Waals surface area contributed by atoms with Gasteiger partial charge < -0.3 is 4.90 Å². The molecule has 0 spiro atoms. The molecule has 2 heterocycles. The maximum Gasteiger partial charge on any atom is 0.222 e. The van der Waals surface area contributed by atoms with Crippen LogP contribution in [-0.4, -0.2) is 46.4 Å². The summed E-state index contributed by atoms with van der Waals surface area (Å²) in [6, 6.07) is 15.0. The lowest BCUT2D eigenvalue weighted by Crippen LogP contribution is -2.60. The monoisotopic (exact) mass is 337 g/mol. The van der Waals surface area contributed by atoms with Gasteiger partial charge in [-0.15, -0.1) is 0 Å². The fourth-order valence-electron chi connectivity index (χ4n) is 3.36. The first-order chi connectivity index (χ1) is 12.3. The van der Waals surface area contributed by atoms with E-state index in [4.69, 9.17) is 0 Å². The minimum atomic E-state index is 0.298. The SMILES string of the molecule is CCN(Cc1ccncc1)C1CN(C(=O)CCCc2ccccc2)C1. The Morgan fingerprint density at radius 1 is 1.12 bits per heavy atom. The predicted molar refractivity (Wildman–Crippen MR) is 100 cm³/mol. The van der Waals surface area contributed by atoms with E-state index in [9.17, 15) is 4.79 Å². The highest BCUT2D eigenvalue weighted by Crippen LogP contribution is 2.19. The second-order valence-electron chi connectivity index (χ2n) is 6.71. The Morgan fingerprint density at radius 3 is 2.52 bits per heavy atom. The van der Waals surface area contributed by atoms with E-state index in [0.29, 0.717) is 18.4 Å². The normalized spacial score (nSPS) is 14.6. The molecule has 1 amide bonds. The molecule has 1 aliphatic rings. The lowest BCUT2D eigenvalue weighted by Gasteiger charge is -2.45. The number of amides is 1. The summed E-state index contributed by atoms with van der Waals surface area (Å²) in [5.74, 6) is 0.298. The van der Waals surface area contributed by atoms with Crippen molar-refractivity contribution in [3.05, 3.63) is 66.0 Å². The Bertz CT molecular complexity index is 653. The zero-order chi connectivity index (χ0) is 17.5. The van der Waals surface area contributed by atoms with Crippen molar-refractivity contribution in [2.24, 2.45) is 0 Å². The minimum Gasteiger partial charge on any atom is -0.339 e. The third-order valence-electron chi connectivity index (χ3n) is 4.97. The highest BCUT2D eigenvalue weighted by atomic mass is 16.2. The second-order valence-corrected chi connectivity index (χ2v) is 6.71. The van der Waals surface area contributed by atoms with E-state index in [2.05, 4.69) is 53.2 Å². The molecule has 1 fully saturated rings. The van der Waals surface area contributed by atoms with Gasteiger partial charge in [-0.1, -0.05) is 37.3 Å². The summed E-state index contributed by atoms with van der Waals surface area (Å²) in [6.45, 7) is 5.85. The molecule has 1 aromatic carbocycles. The van der Waals surface area contributed by atoms with E-state index in [1.807, 2.05) is 23.4 Å². The largest absolute Gasteiger partial charge is 0.339 e. The van der Waals surface area contributed by atoms with E-state index in [-0.39, 0.29) is 0 Å². The van der Waals surface area contributed by atoms with Gasteiger partial charge in [-0.25, -0.2) is 0 Å². The zero-order valence-corrected chi connectivity index (χ0v) is 15.0. The molecule has 1 saturated heterocycles.